The van der Waals surface area contributed by atoms with Gasteiger partial charge in [-0.05, 0) is 30.5 Å². The molecule has 0 amide bonds. The third kappa shape index (κ3) is 2.20. The molecule has 3 aromatic rings. The summed E-state index contributed by atoms with van der Waals surface area (Å²) < 4.78 is 1.93. The minimum Gasteiger partial charge on any atom is -0.320 e. The van der Waals surface area contributed by atoms with Gasteiger partial charge in [0.05, 0.1) is 17.9 Å². The lowest BCUT2D eigenvalue weighted by molar-refractivity contribution is 0.831. The molecule has 0 aliphatic carbocycles. The molecular formula is C15H15N3S. The normalized spacial score (nSPS) is 12.5. The van der Waals surface area contributed by atoms with Crippen LogP contribution in [0.4, 0.5) is 0 Å². The third-order valence-electron chi connectivity index (χ3n) is 3.23. The largest absolute Gasteiger partial charge is 0.320 e. The quantitative estimate of drug-likeness (QED) is 0.793. The molecule has 0 aliphatic rings. The van der Waals surface area contributed by atoms with Gasteiger partial charge in [0.15, 0.2) is 0 Å². The maximum absolute atomic E-state index is 6.31. The van der Waals surface area contributed by atoms with Crippen LogP contribution in [0.15, 0.2) is 54.0 Å². The van der Waals surface area contributed by atoms with Crippen LogP contribution in [0.3, 0.4) is 0 Å². The minimum absolute atomic E-state index is 0.0996. The number of nitrogens with zero attached hydrogens (tertiary/aromatic N) is 2. The van der Waals surface area contributed by atoms with Gasteiger partial charge in [0.25, 0.3) is 0 Å². The Morgan fingerprint density at radius 3 is 2.63 bits per heavy atom. The van der Waals surface area contributed by atoms with Crippen molar-refractivity contribution < 1.29 is 0 Å². The molecule has 0 bridgehead atoms. The number of thiophene rings is 1. The van der Waals surface area contributed by atoms with Crippen LogP contribution in [0.25, 0.3) is 5.69 Å². The Morgan fingerprint density at radius 2 is 1.95 bits per heavy atom. The van der Waals surface area contributed by atoms with Gasteiger partial charge >= 0.3 is 0 Å². The summed E-state index contributed by atoms with van der Waals surface area (Å²) in [4.78, 5) is 1.16. The average molecular weight is 269 g/mol. The first-order valence-corrected chi connectivity index (χ1v) is 7.04. The van der Waals surface area contributed by atoms with Gasteiger partial charge in [0.2, 0.25) is 0 Å². The Bertz CT molecular complexity index is 656. The van der Waals surface area contributed by atoms with Crippen LogP contribution >= 0.6 is 11.3 Å². The van der Waals surface area contributed by atoms with E-state index in [1.54, 1.807) is 11.3 Å². The van der Waals surface area contributed by atoms with Crippen molar-refractivity contribution in [1.29, 1.82) is 0 Å². The number of nitrogens with two attached hydrogens (primary N) is 1. The van der Waals surface area contributed by atoms with Gasteiger partial charge in [-0.25, -0.2) is 4.68 Å². The molecule has 0 saturated carbocycles. The first kappa shape index (κ1) is 12.1. The molecule has 0 spiro atoms. The van der Waals surface area contributed by atoms with Crippen molar-refractivity contribution in [2.45, 2.75) is 13.0 Å². The Kier molecular flexibility index (Phi) is 3.19. The number of aromatic nitrogens is 2. The van der Waals surface area contributed by atoms with Gasteiger partial charge in [-0.2, -0.15) is 5.10 Å². The van der Waals surface area contributed by atoms with Crippen molar-refractivity contribution in [2.24, 2.45) is 5.73 Å². The standard InChI is InChI=1S/C15H15N3S/c1-11-13(15(16)14-8-5-9-19-14)10-17-18(11)12-6-3-2-4-7-12/h2-10,15H,16H2,1H3. The van der Waals surface area contributed by atoms with E-state index in [1.807, 2.05) is 52.7 Å². The second kappa shape index (κ2) is 4.99. The van der Waals surface area contributed by atoms with Crippen molar-refractivity contribution in [2.75, 3.05) is 0 Å². The van der Waals surface area contributed by atoms with Gasteiger partial charge in [0.1, 0.15) is 0 Å². The Morgan fingerprint density at radius 1 is 1.16 bits per heavy atom. The highest BCUT2D eigenvalue weighted by molar-refractivity contribution is 7.10. The first-order chi connectivity index (χ1) is 9.27. The molecule has 1 aromatic carbocycles. The highest BCUT2D eigenvalue weighted by Gasteiger charge is 2.16. The third-order valence-corrected chi connectivity index (χ3v) is 4.19. The zero-order valence-electron chi connectivity index (χ0n) is 10.7. The maximum Gasteiger partial charge on any atom is 0.0679 e. The summed E-state index contributed by atoms with van der Waals surface area (Å²) in [5, 5.41) is 6.51. The summed E-state index contributed by atoms with van der Waals surface area (Å²) >= 11 is 1.68. The molecule has 1 unspecified atom stereocenters. The number of hydrogen-bond donors (Lipinski definition) is 1. The Balaban J connectivity index is 2.00. The summed E-state index contributed by atoms with van der Waals surface area (Å²) in [5.74, 6) is 0. The molecule has 2 aromatic heterocycles. The van der Waals surface area contributed by atoms with Crippen molar-refractivity contribution in [3.05, 3.63) is 70.2 Å². The van der Waals surface area contributed by atoms with Crippen molar-refractivity contribution in [3.63, 3.8) is 0 Å². The lowest BCUT2D eigenvalue weighted by Gasteiger charge is -2.10. The number of para-hydroxylation sites is 1. The van der Waals surface area contributed by atoms with Crippen LogP contribution in [0.2, 0.25) is 0 Å². The second-order valence-corrected chi connectivity index (χ2v) is 5.41. The number of rotatable bonds is 3. The van der Waals surface area contributed by atoms with Gasteiger partial charge in [-0.3, -0.25) is 0 Å². The summed E-state index contributed by atoms with van der Waals surface area (Å²) in [6, 6.07) is 14.1. The molecule has 19 heavy (non-hydrogen) atoms. The van der Waals surface area contributed by atoms with E-state index in [1.165, 1.54) is 0 Å². The fourth-order valence-corrected chi connectivity index (χ4v) is 2.92. The monoisotopic (exact) mass is 269 g/mol. The van der Waals surface area contributed by atoms with Crippen molar-refractivity contribution >= 4 is 11.3 Å². The smallest absolute Gasteiger partial charge is 0.0679 e. The molecule has 3 rings (SSSR count). The molecule has 2 heterocycles. The van der Waals surface area contributed by atoms with E-state index in [9.17, 15) is 0 Å². The molecule has 0 saturated heterocycles. The molecule has 0 radical (unpaired) electrons. The van der Waals surface area contributed by atoms with Crippen LogP contribution in [0, 0.1) is 6.92 Å². The zero-order chi connectivity index (χ0) is 13.2. The van der Waals surface area contributed by atoms with Crippen molar-refractivity contribution in [3.8, 4) is 5.69 Å². The van der Waals surface area contributed by atoms with Gasteiger partial charge in [-0.15, -0.1) is 11.3 Å². The fraction of sp³-hybridized carbons (Fsp3) is 0.133. The van der Waals surface area contributed by atoms with Crippen LogP contribution in [0.1, 0.15) is 22.2 Å². The van der Waals surface area contributed by atoms with E-state index < -0.39 is 0 Å². The fourth-order valence-electron chi connectivity index (χ4n) is 2.18. The molecule has 3 nitrogen and oxygen atoms in total. The summed E-state index contributed by atoms with van der Waals surface area (Å²) in [6.07, 6.45) is 1.87. The lowest BCUT2D eigenvalue weighted by atomic mass is 10.1. The second-order valence-electron chi connectivity index (χ2n) is 4.43. The first-order valence-electron chi connectivity index (χ1n) is 6.16. The summed E-state index contributed by atoms with van der Waals surface area (Å²) in [5.41, 5.74) is 9.54. The lowest BCUT2D eigenvalue weighted by Crippen LogP contribution is -2.11. The van der Waals surface area contributed by atoms with Gasteiger partial charge in [0, 0.05) is 16.1 Å². The summed E-state index contributed by atoms with van der Waals surface area (Å²) in [7, 11) is 0. The molecule has 0 aliphatic heterocycles. The van der Waals surface area contributed by atoms with Crippen LogP contribution in [0.5, 0.6) is 0 Å². The van der Waals surface area contributed by atoms with Crippen LogP contribution < -0.4 is 5.73 Å². The molecule has 0 fully saturated rings. The van der Waals surface area contributed by atoms with Gasteiger partial charge in [-0.1, -0.05) is 24.3 Å². The highest BCUT2D eigenvalue weighted by Crippen LogP contribution is 2.26. The molecule has 2 N–H and O–H groups in total. The zero-order valence-corrected chi connectivity index (χ0v) is 11.5. The number of benzene rings is 1. The molecule has 1 atom stereocenters. The SMILES string of the molecule is Cc1c(C(N)c2cccs2)cnn1-c1ccccc1. The molecule has 96 valence electrons. The topological polar surface area (TPSA) is 43.8 Å². The number of hydrogen-bond acceptors (Lipinski definition) is 3. The average Bonchev–Trinajstić information content (AvgIpc) is 3.08. The van der Waals surface area contributed by atoms with Gasteiger partial charge < -0.3 is 5.73 Å². The van der Waals surface area contributed by atoms with E-state index in [2.05, 4.69) is 18.1 Å². The molecule has 4 heteroatoms. The Hall–Kier alpha value is -1.91. The predicted molar refractivity (Wildman–Crippen MR) is 78.7 cm³/mol. The van der Waals surface area contributed by atoms with E-state index in [0.717, 1.165) is 21.8 Å². The maximum atomic E-state index is 6.31. The van der Waals surface area contributed by atoms with E-state index in [0.29, 0.717) is 0 Å². The van der Waals surface area contributed by atoms with E-state index in [-0.39, 0.29) is 6.04 Å². The predicted octanol–water partition coefficient (Wildman–Crippen LogP) is 3.29. The highest BCUT2D eigenvalue weighted by atomic mass is 32.1. The van der Waals surface area contributed by atoms with Crippen LogP contribution in [-0.2, 0) is 0 Å². The van der Waals surface area contributed by atoms with E-state index in [4.69, 9.17) is 5.73 Å². The minimum atomic E-state index is -0.0996. The van der Waals surface area contributed by atoms with E-state index >= 15 is 0 Å². The Labute approximate surface area is 116 Å². The van der Waals surface area contributed by atoms with Crippen molar-refractivity contribution in [1.82, 2.24) is 9.78 Å². The molecular weight excluding hydrogens is 254 g/mol. The summed E-state index contributed by atoms with van der Waals surface area (Å²) in [6.45, 7) is 2.06. The van der Waals surface area contributed by atoms with Crippen LogP contribution in [-0.4, -0.2) is 9.78 Å².